The summed E-state index contributed by atoms with van der Waals surface area (Å²) in [7, 11) is 0. The molecule has 26 heavy (non-hydrogen) atoms. The summed E-state index contributed by atoms with van der Waals surface area (Å²) >= 11 is 5.84. The van der Waals surface area contributed by atoms with Crippen LogP contribution in [-0.4, -0.2) is 59.9 Å². The van der Waals surface area contributed by atoms with Crippen LogP contribution in [0, 0.1) is 5.92 Å². The highest BCUT2D eigenvalue weighted by molar-refractivity contribution is 6.30. The van der Waals surface area contributed by atoms with Crippen molar-refractivity contribution in [1.29, 1.82) is 0 Å². The van der Waals surface area contributed by atoms with Gasteiger partial charge in [-0.15, -0.1) is 0 Å². The Morgan fingerprint density at radius 1 is 1.04 bits per heavy atom. The summed E-state index contributed by atoms with van der Waals surface area (Å²) in [6.07, 6.45) is 0.657. The highest BCUT2D eigenvalue weighted by Gasteiger charge is 2.30. The first-order chi connectivity index (χ1) is 12.3. The Hall–Kier alpha value is -2.28. The number of benzene rings is 1. The Balaban J connectivity index is 2.06. The molecular weight excluding hydrogens is 356 g/mol. The molecule has 1 aliphatic heterocycles. The minimum Gasteiger partial charge on any atom is -0.351 e. The lowest BCUT2D eigenvalue weighted by Crippen LogP contribution is -2.52. The Bertz CT molecular complexity index is 663. The molecule has 3 N–H and O–H groups in total. The number of hydrogen-bond acceptors (Lipinski definition) is 3. The van der Waals surface area contributed by atoms with Crippen LogP contribution < -0.4 is 11.1 Å². The highest BCUT2D eigenvalue weighted by atomic mass is 35.5. The lowest BCUT2D eigenvalue weighted by Gasteiger charge is -2.29. The van der Waals surface area contributed by atoms with E-state index >= 15 is 0 Å². The van der Waals surface area contributed by atoms with Gasteiger partial charge in [-0.25, -0.2) is 4.79 Å². The summed E-state index contributed by atoms with van der Waals surface area (Å²) in [5, 5.41) is 3.37. The zero-order valence-electron chi connectivity index (χ0n) is 15.1. The molecule has 0 bridgehead atoms. The second-order valence-electron chi connectivity index (χ2n) is 6.71. The Kier molecular flexibility index (Phi) is 6.85. The van der Waals surface area contributed by atoms with E-state index in [0.717, 1.165) is 0 Å². The molecule has 2 rings (SSSR count). The van der Waals surface area contributed by atoms with Gasteiger partial charge in [0, 0.05) is 36.8 Å². The summed E-state index contributed by atoms with van der Waals surface area (Å²) in [6.45, 7) is 5.64. The molecule has 1 aromatic rings. The first-order valence-corrected chi connectivity index (χ1v) is 9.07. The van der Waals surface area contributed by atoms with Gasteiger partial charge in [-0.3, -0.25) is 9.59 Å². The summed E-state index contributed by atoms with van der Waals surface area (Å²) in [6, 6.07) is 5.40. The third kappa shape index (κ3) is 5.11. The second-order valence-corrected chi connectivity index (χ2v) is 7.14. The van der Waals surface area contributed by atoms with Crippen molar-refractivity contribution in [2.75, 3.05) is 26.2 Å². The number of carbonyl (C=O) groups excluding carboxylic acids is 3. The molecule has 1 atom stereocenters. The van der Waals surface area contributed by atoms with Crippen molar-refractivity contribution in [3.63, 3.8) is 0 Å². The van der Waals surface area contributed by atoms with E-state index in [1.54, 1.807) is 29.2 Å². The van der Waals surface area contributed by atoms with Crippen LogP contribution in [0.4, 0.5) is 4.79 Å². The van der Waals surface area contributed by atoms with Crippen LogP contribution in [0.5, 0.6) is 0 Å². The number of urea groups is 1. The molecule has 1 saturated heterocycles. The van der Waals surface area contributed by atoms with Crippen molar-refractivity contribution in [3.05, 3.63) is 34.9 Å². The largest absolute Gasteiger partial charge is 0.351 e. The molecule has 1 fully saturated rings. The van der Waals surface area contributed by atoms with Crippen LogP contribution in [0.3, 0.4) is 0 Å². The molecule has 7 nitrogen and oxygen atoms in total. The van der Waals surface area contributed by atoms with Crippen LogP contribution in [-0.2, 0) is 4.79 Å². The van der Waals surface area contributed by atoms with E-state index in [2.05, 4.69) is 5.32 Å². The second kappa shape index (κ2) is 8.89. The monoisotopic (exact) mass is 380 g/mol. The molecule has 1 aliphatic rings. The Labute approximate surface area is 158 Å². The van der Waals surface area contributed by atoms with Crippen molar-refractivity contribution in [1.82, 2.24) is 15.1 Å². The van der Waals surface area contributed by atoms with E-state index < -0.39 is 12.1 Å². The summed E-state index contributed by atoms with van der Waals surface area (Å²) in [4.78, 5) is 40.0. The van der Waals surface area contributed by atoms with Gasteiger partial charge in [0.2, 0.25) is 5.91 Å². The van der Waals surface area contributed by atoms with Crippen LogP contribution in [0.15, 0.2) is 24.3 Å². The lowest BCUT2D eigenvalue weighted by molar-refractivity contribution is -0.134. The molecule has 8 heteroatoms. The maximum absolute atomic E-state index is 12.9. The fraction of sp³-hybridized carbons (Fsp3) is 0.500. The van der Waals surface area contributed by atoms with E-state index in [1.807, 2.05) is 13.8 Å². The van der Waals surface area contributed by atoms with Gasteiger partial charge in [0.15, 0.2) is 0 Å². The molecular formula is C18H25ClN4O3. The van der Waals surface area contributed by atoms with Crippen LogP contribution >= 0.6 is 11.6 Å². The average molecular weight is 381 g/mol. The van der Waals surface area contributed by atoms with Gasteiger partial charge in [0.05, 0.1) is 0 Å². The first-order valence-electron chi connectivity index (χ1n) is 8.69. The molecule has 0 radical (unpaired) electrons. The predicted octanol–water partition coefficient (Wildman–Crippen LogP) is 1.71. The van der Waals surface area contributed by atoms with Crippen molar-refractivity contribution >= 4 is 29.4 Å². The Morgan fingerprint density at radius 3 is 2.19 bits per heavy atom. The third-order valence-corrected chi connectivity index (χ3v) is 4.70. The number of nitrogens with one attached hydrogen (secondary N) is 1. The number of primary amides is 1. The van der Waals surface area contributed by atoms with Gasteiger partial charge >= 0.3 is 6.03 Å². The van der Waals surface area contributed by atoms with E-state index in [1.165, 1.54) is 4.90 Å². The van der Waals surface area contributed by atoms with Crippen LogP contribution in [0.25, 0.3) is 0 Å². The molecule has 1 unspecified atom stereocenters. The number of rotatable bonds is 4. The quantitative estimate of drug-likeness (QED) is 0.832. The van der Waals surface area contributed by atoms with Crippen molar-refractivity contribution in [2.24, 2.45) is 11.7 Å². The first kappa shape index (κ1) is 20.0. The fourth-order valence-electron chi connectivity index (χ4n) is 2.89. The summed E-state index contributed by atoms with van der Waals surface area (Å²) < 4.78 is 0. The van der Waals surface area contributed by atoms with Gasteiger partial charge in [-0.05, 0) is 36.6 Å². The van der Waals surface area contributed by atoms with Gasteiger partial charge in [0.25, 0.3) is 5.91 Å². The van der Waals surface area contributed by atoms with E-state index in [-0.39, 0.29) is 17.7 Å². The zero-order chi connectivity index (χ0) is 19.3. The van der Waals surface area contributed by atoms with E-state index in [9.17, 15) is 14.4 Å². The van der Waals surface area contributed by atoms with Gasteiger partial charge < -0.3 is 20.9 Å². The molecule has 1 aromatic carbocycles. The maximum atomic E-state index is 12.9. The predicted molar refractivity (Wildman–Crippen MR) is 99.9 cm³/mol. The number of halogens is 1. The van der Waals surface area contributed by atoms with Gasteiger partial charge in [-0.1, -0.05) is 25.4 Å². The molecule has 1 heterocycles. The molecule has 0 aliphatic carbocycles. The molecule has 0 saturated carbocycles. The normalized spacial score (nSPS) is 16.2. The number of hydrogen-bond donors (Lipinski definition) is 2. The van der Waals surface area contributed by atoms with Crippen molar-refractivity contribution in [2.45, 2.75) is 26.3 Å². The van der Waals surface area contributed by atoms with Crippen molar-refractivity contribution < 1.29 is 14.4 Å². The SMILES string of the molecule is CC(C)C(NC(=O)c1ccc(Cl)cc1)C(=O)N1CCCN(C(N)=O)CC1. The standard InChI is InChI=1S/C18H25ClN4O3/c1-12(2)15(21-16(24)13-4-6-14(19)7-5-13)17(25)22-8-3-9-23(11-10-22)18(20)26/h4-7,12,15H,3,8-11H2,1-2H3,(H2,20,26)(H,21,24). The third-order valence-electron chi connectivity index (χ3n) is 4.44. The zero-order valence-corrected chi connectivity index (χ0v) is 15.8. The smallest absolute Gasteiger partial charge is 0.314 e. The fourth-order valence-corrected chi connectivity index (χ4v) is 3.02. The average Bonchev–Trinajstić information content (AvgIpc) is 2.85. The number of nitrogens with two attached hydrogens (primary N) is 1. The topological polar surface area (TPSA) is 95.7 Å². The van der Waals surface area contributed by atoms with E-state index in [4.69, 9.17) is 17.3 Å². The molecule has 4 amide bonds. The molecule has 142 valence electrons. The van der Waals surface area contributed by atoms with E-state index in [0.29, 0.717) is 43.2 Å². The van der Waals surface area contributed by atoms with Gasteiger partial charge in [0.1, 0.15) is 6.04 Å². The maximum Gasteiger partial charge on any atom is 0.314 e. The number of amides is 4. The number of carbonyl (C=O) groups is 3. The minimum absolute atomic E-state index is 0.0748. The number of nitrogens with zero attached hydrogens (tertiary/aromatic N) is 2. The summed E-state index contributed by atoms with van der Waals surface area (Å²) in [5.41, 5.74) is 5.77. The summed E-state index contributed by atoms with van der Waals surface area (Å²) in [5.74, 6) is -0.537. The van der Waals surface area contributed by atoms with Gasteiger partial charge in [-0.2, -0.15) is 0 Å². The highest BCUT2D eigenvalue weighted by Crippen LogP contribution is 2.13. The molecule has 0 aromatic heterocycles. The van der Waals surface area contributed by atoms with Crippen LogP contribution in [0.2, 0.25) is 5.02 Å². The van der Waals surface area contributed by atoms with Crippen molar-refractivity contribution in [3.8, 4) is 0 Å². The minimum atomic E-state index is -0.640. The Morgan fingerprint density at radius 2 is 1.62 bits per heavy atom. The molecule has 0 spiro atoms. The lowest BCUT2D eigenvalue weighted by atomic mass is 10.0. The van der Waals surface area contributed by atoms with Crippen LogP contribution in [0.1, 0.15) is 30.6 Å².